The van der Waals surface area contributed by atoms with Crippen LogP contribution in [0.2, 0.25) is 0 Å². The van der Waals surface area contributed by atoms with Gasteiger partial charge in [-0.25, -0.2) is 4.98 Å². The van der Waals surface area contributed by atoms with Crippen LogP contribution < -0.4 is 5.32 Å². The van der Waals surface area contributed by atoms with E-state index < -0.39 is 0 Å². The molecule has 1 N–H and O–H groups in total. The molecular formula is C15H19N5O3. The predicted octanol–water partition coefficient (Wildman–Crippen LogP) is 1.26. The summed E-state index contributed by atoms with van der Waals surface area (Å²) in [6.45, 7) is 1.76. The minimum atomic E-state index is -0.389. The molecule has 0 spiro atoms. The van der Waals surface area contributed by atoms with Crippen molar-refractivity contribution in [1.82, 2.24) is 19.7 Å². The van der Waals surface area contributed by atoms with Crippen molar-refractivity contribution < 1.29 is 14.0 Å². The first-order valence-corrected chi connectivity index (χ1v) is 7.44. The van der Waals surface area contributed by atoms with Gasteiger partial charge in [0.25, 0.3) is 0 Å². The van der Waals surface area contributed by atoms with Crippen LogP contribution in [0.4, 0.5) is 6.01 Å². The summed E-state index contributed by atoms with van der Waals surface area (Å²) in [6, 6.07) is 1.64. The molecule has 0 aromatic carbocycles. The molecule has 3 rings (SSSR count). The van der Waals surface area contributed by atoms with E-state index in [1.54, 1.807) is 43.0 Å². The normalized spacial score (nSPS) is 21.5. The van der Waals surface area contributed by atoms with Crippen LogP contribution >= 0.6 is 0 Å². The molecule has 8 nitrogen and oxygen atoms in total. The van der Waals surface area contributed by atoms with Crippen molar-refractivity contribution in [3.05, 3.63) is 29.9 Å². The van der Waals surface area contributed by atoms with Gasteiger partial charge in [0.1, 0.15) is 5.76 Å². The number of hydrogen-bond donors (Lipinski definition) is 1. The molecule has 2 aromatic heterocycles. The van der Waals surface area contributed by atoms with Crippen molar-refractivity contribution in [2.24, 2.45) is 13.0 Å². The van der Waals surface area contributed by atoms with E-state index in [1.165, 1.54) is 0 Å². The molecule has 0 bridgehead atoms. The molecule has 3 heterocycles. The lowest BCUT2D eigenvalue weighted by Gasteiger charge is -2.37. The molecular weight excluding hydrogens is 298 g/mol. The van der Waals surface area contributed by atoms with Crippen LogP contribution in [0.25, 0.3) is 0 Å². The van der Waals surface area contributed by atoms with E-state index in [4.69, 9.17) is 4.42 Å². The Balaban J connectivity index is 1.87. The maximum Gasteiger partial charge on any atom is 0.301 e. The summed E-state index contributed by atoms with van der Waals surface area (Å²) in [5, 5.41) is 6.84. The average molecular weight is 317 g/mol. The van der Waals surface area contributed by atoms with E-state index in [-0.39, 0.29) is 29.8 Å². The molecule has 1 aliphatic heterocycles. The third-order valence-corrected chi connectivity index (χ3v) is 4.21. The van der Waals surface area contributed by atoms with Gasteiger partial charge in [-0.2, -0.15) is 5.10 Å². The highest BCUT2D eigenvalue weighted by Crippen LogP contribution is 2.36. The molecule has 0 aliphatic carbocycles. The summed E-state index contributed by atoms with van der Waals surface area (Å²) >= 11 is 0. The lowest BCUT2D eigenvalue weighted by molar-refractivity contribution is -0.140. The first kappa shape index (κ1) is 15.3. The number of aromatic nitrogens is 3. The second-order valence-corrected chi connectivity index (χ2v) is 5.74. The summed E-state index contributed by atoms with van der Waals surface area (Å²) in [4.78, 5) is 30.4. The van der Waals surface area contributed by atoms with Gasteiger partial charge in [-0.15, -0.1) is 0 Å². The topological polar surface area (TPSA) is 93.3 Å². The molecule has 2 aromatic rings. The minimum absolute atomic E-state index is 0.0206. The Morgan fingerprint density at radius 2 is 2.22 bits per heavy atom. The van der Waals surface area contributed by atoms with Crippen molar-refractivity contribution in [2.75, 3.05) is 12.4 Å². The standard InChI is InChI=1S/C15H19N5O3/c1-9-8-16-15(23-9)18-14(22)10-4-5-12(21)19(2)13(10)11-6-7-17-20(11)3/h6-8,10,13H,4-5H2,1-3H3,(H,16,18,22)/t10-,13-/m0/s1. The molecule has 1 aliphatic rings. The SMILES string of the molecule is Cc1cnc(NC(=O)[C@H]2CCC(=O)N(C)[C@@H]2c2ccnn2C)o1. The number of carbonyl (C=O) groups excluding carboxylic acids is 2. The van der Waals surface area contributed by atoms with E-state index in [2.05, 4.69) is 15.4 Å². The van der Waals surface area contributed by atoms with Crippen LogP contribution in [-0.4, -0.2) is 38.5 Å². The minimum Gasteiger partial charge on any atom is -0.429 e. The molecule has 8 heteroatoms. The highest BCUT2D eigenvalue weighted by atomic mass is 16.4. The Labute approximate surface area is 133 Å². The van der Waals surface area contributed by atoms with E-state index in [9.17, 15) is 9.59 Å². The maximum absolute atomic E-state index is 12.7. The van der Waals surface area contributed by atoms with Gasteiger partial charge in [0, 0.05) is 26.7 Å². The first-order valence-electron chi connectivity index (χ1n) is 7.44. The van der Waals surface area contributed by atoms with Crippen LogP contribution in [0.5, 0.6) is 0 Å². The van der Waals surface area contributed by atoms with E-state index >= 15 is 0 Å². The zero-order valence-corrected chi connectivity index (χ0v) is 13.3. The molecule has 1 saturated heterocycles. The number of anilines is 1. The predicted molar refractivity (Wildman–Crippen MR) is 81.3 cm³/mol. The number of carbonyl (C=O) groups is 2. The van der Waals surface area contributed by atoms with Gasteiger partial charge < -0.3 is 9.32 Å². The number of amides is 2. The van der Waals surface area contributed by atoms with Crippen molar-refractivity contribution in [2.45, 2.75) is 25.8 Å². The number of piperidine rings is 1. The van der Waals surface area contributed by atoms with Crippen molar-refractivity contribution in [3.8, 4) is 0 Å². The number of likely N-dealkylation sites (tertiary alicyclic amines) is 1. The van der Waals surface area contributed by atoms with E-state index in [1.807, 2.05) is 6.07 Å². The second kappa shape index (κ2) is 5.86. The molecule has 23 heavy (non-hydrogen) atoms. The van der Waals surface area contributed by atoms with Crippen LogP contribution in [0.3, 0.4) is 0 Å². The lowest BCUT2D eigenvalue weighted by Crippen LogP contribution is -2.45. The van der Waals surface area contributed by atoms with Gasteiger partial charge >= 0.3 is 6.01 Å². The van der Waals surface area contributed by atoms with E-state index in [0.717, 1.165) is 5.69 Å². The summed E-state index contributed by atoms with van der Waals surface area (Å²) in [5.74, 6) is 0.0457. The summed E-state index contributed by atoms with van der Waals surface area (Å²) in [6.07, 6.45) is 4.03. The smallest absolute Gasteiger partial charge is 0.301 e. The second-order valence-electron chi connectivity index (χ2n) is 5.74. The van der Waals surface area contributed by atoms with Gasteiger partial charge in [-0.05, 0) is 19.4 Å². The fraction of sp³-hybridized carbons (Fsp3) is 0.467. The summed E-state index contributed by atoms with van der Waals surface area (Å²) in [7, 11) is 3.52. The molecule has 2 atom stereocenters. The molecule has 0 saturated carbocycles. The number of nitrogens with one attached hydrogen (secondary N) is 1. The quantitative estimate of drug-likeness (QED) is 0.920. The van der Waals surface area contributed by atoms with Gasteiger partial charge in [-0.1, -0.05) is 0 Å². The largest absolute Gasteiger partial charge is 0.429 e. The molecule has 2 amide bonds. The van der Waals surface area contributed by atoms with Gasteiger partial charge in [-0.3, -0.25) is 19.6 Å². The number of hydrogen-bond acceptors (Lipinski definition) is 5. The van der Waals surface area contributed by atoms with Crippen molar-refractivity contribution in [3.63, 3.8) is 0 Å². The van der Waals surface area contributed by atoms with Crippen molar-refractivity contribution >= 4 is 17.8 Å². The maximum atomic E-state index is 12.7. The van der Waals surface area contributed by atoms with Gasteiger partial charge in [0.15, 0.2) is 0 Å². The van der Waals surface area contributed by atoms with Gasteiger partial charge in [0.2, 0.25) is 11.8 Å². The van der Waals surface area contributed by atoms with Crippen LogP contribution in [0.1, 0.15) is 30.3 Å². The Morgan fingerprint density at radius 1 is 1.43 bits per heavy atom. The average Bonchev–Trinajstić information content (AvgIpc) is 3.10. The lowest BCUT2D eigenvalue weighted by atomic mass is 9.86. The monoisotopic (exact) mass is 317 g/mol. The third kappa shape index (κ3) is 2.84. The number of nitrogens with zero attached hydrogens (tertiary/aromatic N) is 4. The zero-order chi connectivity index (χ0) is 16.6. The number of rotatable bonds is 3. The Hall–Kier alpha value is -2.64. The number of aryl methyl sites for hydroxylation is 2. The fourth-order valence-corrected chi connectivity index (χ4v) is 3.00. The van der Waals surface area contributed by atoms with Crippen LogP contribution in [0, 0.1) is 12.8 Å². The van der Waals surface area contributed by atoms with Crippen LogP contribution in [0.15, 0.2) is 22.9 Å². The van der Waals surface area contributed by atoms with Crippen molar-refractivity contribution in [1.29, 1.82) is 0 Å². The molecule has 122 valence electrons. The first-order chi connectivity index (χ1) is 11.0. The Kier molecular flexibility index (Phi) is 3.89. The highest BCUT2D eigenvalue weighted by Gasteiger charge is 2.40. The molecule has 1 fully saturated rings. The fourth-order valence-electron chi connectivity index (χ4n) is 3.00. The van der Waals surface area contributed by atoms with Crippen LogP contribution in [-0.2, 0) is 16.6 Å². The summed E-state index contributed by atoms with van der Waals surface area (Å²) in [5.41, 5.74) is 0.823. The number of oxazole rings is 1. The highest BCUT2D eigenvalue weighted by molar-refractivity contribution is 5.93. The Bertz CT molecular complexity index is 735. The van der Waals surface area contributed by atoms with E-state index in [0.29, 0.717) is 18.6 Å². The zero-order valence-electron chi connectivity index (χ0n) is 13.3. The Morgan fingerprint density at radius 3 is 2.83 bits per heavy atom. The van der Waals surface area contributed by atoms with Gasteiger partial charge in [0.05, 0.1) is 23.9 Å². The summed E-state index contributed by atoms with van der Waals surface area (Å²) < 4.78 is 6.99. The third-order valence-electron chi connectivity index (χ3n) is 4.21. The molecule has 0 unspecified atom stereocenters. The molecule has 0 radical (unpaired) electrons.